The third kappa shape index (κ3) is 2.26. The van der Waals surface area contributed by atoms with E-state index in [1.54, 1.807) is 21.3 Å². The minimum atomic E-state index is -0.832. The van der Waals surface area contributed by atoms with Crippen LogP contribution in [0.1, 0.15) is 6.92 Å². The Bertz CT molecular complexity index is 95.6. The molecule has 0 amide bonds. The summed E-state index contributed by atoms with van der Waals surface area (Å²) in [7, 11) is 5.92. The van der Waals surface area contributed by atoms with Gasteiger partial charge in [0.25, 0.3) is 5.97 Å². The van der Waals surface area contributed by atoms with Crippen molar-refractivity contribution in [2.45, 2.75) is 18.9 Å². The van der Waals surface area contributed by atoms with Gasteiger partial charge in [-0.05, 0) is 0 Å². The monoisotopic (exact) mass is 178 g/mol. The Hall–Kier alpha value is 0.0969. The van der Waals surface area contributed by atoms with Crippen LogP contribution in [0.5, 0.6) is 0 Å². The van der Waals surface area contributed by atoms with E-state index in [0.717, 1.165) is 16.3 Å². The van der Waals surface area contributed by atoms with Gasteiger partial charge in [-0.2, -0.15) is 0 Å². The summed E-state index contributed by atoms with van der Waals surface area (Å²) in [6.07, 6.45) is 0. The first-order chi connectivity index (χ1) is 5.16. The van der Waals surface area contributed by atoms with Crippen molar-refractivity contribution in [3.63, 3.8) is 0 Å². The number of methoxy groups -OCH3 is 3. The summed E-state index contributed by atoms with van der Waals surface area (Å²) in [6.45, 7) is 2.06. The van der Waals surface area contributed by atoms with Gasteiger partial charge in [0.15, 0.2) is 0 Å². The Labute approximate surface area is 71.4 Å². The van der Waals surface area contributed by atoms with Gasteiger partial charge >= 0.3 is 0 Å². The second-order valence-corrected chi connectivity index (χ2v) is 3.34. The molecule has 0 saturated carbocycles. The zero-order valence-electron chi connectivity index (χ0n) is 8.01. The van der Waals surface area contributed by atoms with Crippen molar-refractivity contribution >= 4 is 10.2 Å². The highest BCUT2D eigenvalue weighted by Crippen LogP contribution is 2.25. The van der Waals surface area contributed by atoms with E-state index in [1.807, 2.05) is 0 Å². The lowest BCUT2D eigenvalue weighted by atomic mass is 10.2. The average molecular weight is 178 g/mol. The standard InChI is InChI=1S/C7H18O3Si/c1-6(5-11)7(8-2,9-3)10-4/h6H,5H2,1-4,11H3. The molecule has 0 fully saturated rings. The van der Waals surface area contributed by atoms with Crippen LogP contribution in [0.25, 0.3) is 0 Å². The zero-order valence-corrected chi connectivity index (χ0v) is 10.0. The number of ether oxygens (including phenoxy) is 3. The van der Waals surface area contributed by atoms with Gasteiger partial charge in [0.2, 0.25) is 0 Å². The first-order valence-electron chi connectivity index (χ1n) is 3.82. The molecule has 0 aliphatic carbocycles. The summed E-state index contributed by atoms with van der Waals surface area (Å²) < 4.78 is 15.5. The van der Waals surface area contributed by atoms with Gasteiger partial charge in [0.1, 0.15) is 0 Å². The Morgan fingerprint density at radius 3 is 1.64 bits per heavy atom. The summed E-state index contributed by atoms with van der Waals surface area (Å²) in [5.74, 6) is -0.545. The normalized spacial score (nSPS) is 15.3. The van der Waals surface area contributed by atoms with Crippen molar-refractivity contribution in [1.29, 1.82) is 0 Å². The molecule has 1 atom stereocenters. The summed E-state index contributed by atoms with van der Waals surface area (Å²) in [4.78, 5) is 0. The Morgan fingerprint density at radius 2 is 1.55 bits per heavy atom. The van der Waals surface area contributed by atoms with Crippen molar-refractivity contribution in [3.05, 3.63) is 0 Å². The molecule has 0 N–H and O–H groups in total. The first kappa shape index (κ1) is 11.1. The van der Waals surface area contributed by atoms with Gasteiger partial charge in [-0.25, -0.2) is 0 Å². The van der Waals surface area contributed by atoms with Gasteiger partial charge in [-0.15, -0.1) is 0 Å². The van der Waals surface area contributed by atoms with E-state index in [0.29, 0.717) is 0 Å². The summed E-state index contributed by atoms with van der Waals surface area (Å²) in [6, 6.07) is 1.09. The maximum Gasteiger partial charge on any atom is 0.284 e. The van der Waals surface area contributed by atoms with Crippen molar-refractivity contribution in [1.82, 2.24) is 0 Å². The van der Waals surface area contributed by atoms with Crippen LogP contribution >= 0.6 is 0 Å². The molecule has 11 heavy (non-hydrogen) atoms. The van der Waals surface area contributed by atoms with Gasteiger partial charge < -0.3 is 14.2 Å². The second kappa shape index (κ2) is 4.87. The molecule has 0 spiro atoms. The lowest BCUT2D eigenvalue weighted by Gasteiger charge is -2.33. The Morgan fingerprint density at radius 1 is 1.18 bits per heavy atom. The summed E-state index contributed by atoms with van der Waals surface area (Å²) in [5.41, 5.74) is 0. The van der Waals surface area contributed by atoms with Gasteiger partial charge in [0.05, 0.1) is 0 Å². The topological polar surface area (TPSA) is 27.7 Å². The third-order valence-corrected chi connectivity index (χ3v) is 3.29. The van der Waals surface area contributed by atoms with Crippen LogP contribution in [0.2, 0.25) is 6.04 Å². The van der Waals surface area contributed by atoms with Crippen LogP contribution < -0.4 is 0 Å². The van der Waals surface area contributed by atoms with E-state index in [1.165, 1.54) is 0 Å². The van der Waals surface area contributed by atoms with Crippen molar-refractivity contribution in [2.75, 3.05) is 21.3 Å². The molecule has 0 aromatic carbocycles. The molecule has 0 radical (unpaired) electrons. The molecule has 68 valence electrons. The highest BCUT2D eigenvalue weighted by molar-refractivity contribution is 6.08. The second-order valence-electron chi connectivity index (χ2n) is 2.53. The molecular weight excluding hydrogens is 160 g/mol. The highest BCUT2D eigenvalue weighted by Gasteiger charge is 2.35. The molecule has 0 rings (SSSR count). The van der Waals surface area contributed by atoms with Crippen LogP contribution in [-0.4, -0.2) is 37.5 Å². The molecule has 0 aliphatic heterocycles. The average Bonchev–Trinajstić information content (AvgIpc) is 2.08. The van der Waals surface area contributed by atoms with Gasteiger partial charge in [0, 0.05) is 37.5 Å². The predicted octanol–water partition coefficient (Wildman–Crippen LogP) is -0.000800. The van der Waals surface area contributed by atoms with Crippen LogP contribution in [0, 0.1) is 5.92 Å². The SMILES string of the molecule is COC(OC)(OC)C(C)C[SiH3]. The minimum absolute atomic E-state index is 0.286. The smallest absolute Gasteiger partial charge is 0.284 e. The van der Waals surface area contributed by atoms with E-state index in [9.17, 15) is 0 Å². The van der Waals surface area contributed by atoms with E-state index in [-0.39, 0.29) is 5.92 Å². The molecule has 0 saturated heterocycles. The van der Waals surface area contributed by atoms with Gasteiger partial charge in [-0.1, -0.05) is 13.0 Å². The fourth-order valence-electron chi connectivity index (χ4n) is 1.10. The van der Waals surface area contributed by atoms with Crippen LogP contribution in [-0.2, 0) is 14.2 Å². The maximum atomic E-state index is 5.17. The molecule has 0 bridgehead atoms. The van der Waals surface area contributed by atoms with E-state index < -0.39 is 5.97 Å². The predicted molar refractivity (Wildman–Crippen MR) is 47.7 cm³/mol. The van der Waals surface area contributed by atoms with Crippen molar-refractivity contribution in [3.8, 4) is 0 Å². The summed E-state index contributed by atoms with van der Waals surface area (Å²) in [5, 5.41) is 0. The van der Waals surface area contributed by atoms with E-state index in [2.05, 4.69) is 6.92 Å². The molecule has 0 aromatic heterocycles. The van der Waals surface area contributed by atoms with Crippen LogP contribution in [0.3, 0.4) is 0 Å². The molecular formula is C7H18O3Si. The molecule has 0 heterocycles. The van der Waals surface area contributed by atoms with Crippen LogP contribution in [0.15, 0.2) is 0 Å². The van der Waals surface area contributed by atoms with Crippen molar-refractivity contribution in [2.24, 2.45) is 5.92 Å². The molecule has 1 unspecified atom stereocenters. The number of hydrogen-bond donors (Lipinski definition) is 0. The lowest BCUT2D eigenvalue weighted by Crippen LogP contribution is -2.42. The quantitative estimate of drug-likeness (QED) is 0.438. The maximum absolute atomic E-state index is 5.17. The largest absolute Gasteiger partial charge is 0.331 e. The molecule has 0 aromatic rings. The van der Waals surface area contributed by atoms with Crippen LogP contribution in [0.4, 0.5) is 0 Å². The highest BCUT2D eigenvalue weighted by atomic mass is 28.1. The molecule has 4 heteroatoms. The Kier molecular flexibility index (Phi) is 4.91. The van der Waals surface area contributed by atoms with E-state index >= 15 is 0 Å². The third-order valence-electron chi connectivity index (χ3n) is 2.07. The summed E-state index contributed by atoms with van der Waals surface area (Å²) >= 11 is 0. The van der Waals surface area contributed by atoms with Crippen molar-refractivity contribution < 1.29 is 14.2 Å². The first-order valence-corrected chi connectivity index (χ1v) is 5.23. The fourth-order valence-corrected chi connectivity index (χ4v) is 1.60. The van der Waals surface area contributed by atoms with Gasteiger partial charge in [-0.3, -0.25) is 0 Å². The number of hydrogen-bond acceptors (Lipinski definition) is 3. The fraction of sp³-hybridized carbons (Fsp3) is 1.00. The zero-order chi connectivity index (χ0) is 8.91. The lowest BCUT2D eigenvalue weighted by molar-refractivity contribution is -0.373. The molecule has 3 nitrogen and oxygen atoms in total. The van der Waals surface area contributed by atoms with E-state index in [4.69, 9.17) is 14.2 Å². The molecule has 0 aliphatic rings. The number of rotatable bonds is 5. The Balaban J connectivity index is 4.26. The minimum Gasteiger partial charge on any atom is -0.331 e.